The molecule has 0 bridgehead atoms. The van der Waals surface area contributed by atoms with Crippen LogP contribution in [-0.4, -0.2) is 45.6 Å². The van der Waals surface area contributed by atoms with E-state index in [0.29, 0.717) is 29.3 Å². The van der Waals surface area contributed by atoms with E-state index in [0.717, 1.165) is 23.2 Å². The van der Waals surface area contributed by atoms with Gasteiger partial charge in [0.05, 0.1) is 31.9 Å². The Labute approximate surface area is 216 Å². The maximum atomic E-state index is 13.8. The number of rotatable bonds is 9. The van der Waals surface area contributed by atoms with E-state index in [1.165, 1.54) is 19.1 Å². The van der Waals surface area contributed by atoms with Gasteiger partial charge in [0.25, 0.3) is 5.91 Å². The molecule has 0 fully saturated rings. The standard InChI is InChI=1S/C29H30N2O6/c1-30(27(32)13-14-28(33)36-3)24-18-26(37-19-20-9-5-4-6-10-20)25(35-2)17-22(24)29(34)31-16-15-21-11-7-8-12-23(21)31/h4-12,17-18H,13-16,19H2,1-3H3. The molecule has 192 valence electrons. The van der Waals surface area contributed by atoms with Crippen LogP contribution in [0.25, 0.3) is 0 Å². The molecule has 4 rings (SSSR count). The molecule has 3 aromatic rings. The third kappa shape index (κ3) is 5.74. The Bertz CT molecular complexity index is 1290. The number of hydrogen-bond donors (Lipinski definition) is 0. The highest BCUT2D eigenvalue weighted by Crippen LogP contribution is 2.38. The lowest BCUT2D eigenvalue weighted by atomic mass is 10.1. The molecular weight excluding hydrogens is 472 g/mol. The molecule has 1 aliphatic rings. The molecule has 0 aromatic heterocycles. The molecule has 0 aliphatic carbocycles. The van der Waals surface area contributed by atoms with E-state index in [9.17, 15) is 14.4 Å². The van der Waals surface area contributed by atoms with Gasteiger partial charge < -0.3 is 24.0 Å². The van der Waals surface area contributed by atoms with E-state index in [2.05, 4.69) is 4.74 Å². The molecule has 0 N–H and O–H groups in total. The quantitative estimate of drug-likeness (QED) is 0.404. The molecule has 3 aromatic carbocycles. The minimum Gasteiger partial charge on any atom is -0.493 e. The smallest absolute Gasteiger partial charge is 0.306 e. The Morgan fingerprint density at radius 2 is 1.65 bits per heavy atom. The summed E-state index contributed by atoms with van der Waals surface area (Å²) >= 11 is 0. The number of carbonyl (C=O) groups is 3. The first-order valence-electron chi connectivity index (χ1n) is 12.0. The molecule has 8 heteroatoms. The topological polar surface area (TPSA) is 85.4 Å². The zero-order chi connectivity index (χ0) is 26.4. The van der Waals surface area contributed by atoms with Gasteiger partial charge in [-0.2, -0.15) is 0 Å². The van der Waals surface area contributed by atoms with Gasteiger partial charge in [0.1, 0.15) is 6.61 Å². The van der Waals surface area contributed by atoms with E-state index in [1.807, 2.05) is 54.6 Å². The molecule has 0 atom stereocenters. The van der Waals surface area contributed by atoms with Gasteiger partial charge in [0.15, 0.2) is 11.5 Å². The second-order valence-electron chi connectivity index (χ2n) is 8.66. The van der Waals surface area contributed by atoms with Crippen molar-refractivity contribution in [3.63, 3.8) is 0 Å². The lowest BCUT2D eigenvalue weighted by molar-refractivity contribution is -0.141. The van der Waals surface area contributed by atoms with Crippen LogP contribution in [-0.2, 0) is 27.4 Å². The van der Waals surface area contributed by atoms with Crippen molar-refractivity contribution < 1.29 is 28.6 Å². The van der Waals surface area contributed by atoms with Crippen molar-refractivity contribution >= 4 is 29.2 Å². The fraction of sp³-hybridized carbons (Fsp3) is 0.276. The summed E-state index contributed by atoms with van der Waals surface area (Å²) in [6.45, 7) is 0.815. The van der Waals surface area contributed by atoms with E-state index in [1.54, 1.807) is 24.1 Å². The summed E-state index contributed by atoms with van der Waals surface area (Å²) in [5, 5.41) is 0. The molecule has 0 radical (unpaired) electrons. The van der Waals surface area contributed by atoms with Crippen molar-refractivity contribution in [1.82, 2.24) is 0 Å². The monoisotopic (exact) mass is 502 g/mol. The van der Waals surface area contributed by atoms with Gasteiger partial charge in [-0.25, -0.2) is 0 Å². The molecule has 8 nitrogen and oxygen atoms in total. The predicted octanol–water partition coefficient (Wildman–Crippen LogP) is 4.39. The van der Waals surface area contributed by atoms with Gasteiger partial charge in [0, 0.05) is 31.8 Å². The Balaban J connectivity index is 1.70. The predicted molar refractivity (Wildman–Crippen MR) is 140 cm³/mol. The minimum absolute atomic E-state index is 0.0596. The molecule has 37 heavy (non-hydrogen) atoms. The first-order chi connectivity index (χ1) is 17.9. The zero-order valence-electron chi connectivity index (χ0n) is 21.2. The normalized spacial score (nSPS) is 12.0. The number of methoxy groups -OCH3 is 2. The maximum absolute atomic E-state index is 13.8. The lowest BCUT2D eigenvalue weighted by Gasteiger charge is -2.25. The number of esters is 1. The van der Waals surface area contributed by atoms with Crippen LogP contribution in [0.1, 0.15) is 34.3 Å². The maximum Gasteiger partial charge on any atom is 0.306 e. The van der Waals surface area contributed by atoms with Crippen molar-refractivity contribution in [1.29, 1.82) is 0 Å². The van der Waals surface area contributed by atoms with Gasteiger partial charge in [-0.05, 0) is 29.7 Å². The van der Waals surface area contributed by atoms with Crippen LogP contribution in [0.4, 0.5) is 11.4 Å². The summed E-state index contributed by atoms with van der Waals surface area (Å²) in [5.74, 6) is -0.285. The number of nitrogens with zero attached hydrogens (tertiary/aromatic N) is 2. The molecular formula is C29H30N2O6. The number of ether oxygens (including phenoxy) is 3. The average Bonchev–Trinajstić information content (AvgIpc) is 3.38. The first-order valence-corrected chi connectivity index (χ1v) is 12.0. The van der Waals surface area contributed by atoms with Gasteiger partial charge in [-0.3, -0.25) is 14.4 Å². The fourth-order valence-corrected chi connectivity index (χ4v) is 4.31. The third-order valence-electron chi connectivity index (χ3n) is 6.39. The Kier molecular flexibility index (Phi) is 8.08. The van der Waals surface area contributed by atoms with Crippen LogP contribution in [0.5, 0.6) is 11.5 Å². The number of carbonyl (C=O) groups excluding carboxylic acids is 3. The van der Waals surface area contributed by atoms with Crippen LogP contribution >= 0.6 is 0 Å². The van der Waals surface area contributed by atoms with Gasteiger partial charge in [-0.15, -0.1) is 0 Å². The van der Waals surface area contributed by atoms with Crippen LogP contribution in [0.3, 0.4) is 0 Å². The summed E-state index contributed by atoms with van der Waals surface area (Å²) in [4.78, 5) is 41.6. The molecule has 0 saturated carbocycles. The van der Waals surface area contributed by atoms with E-state index < -0.39 is 5.97 Å². The lowest BCUT2D eigenvalue weighted by Crippen LogP contribution is -2.33. The van der Waals surface area contributed by atoms with E-state index >= 15 is 0 Å². The Hall–Kier alpha value is -4.33. The number of benzene rings is 3. The highest BCUT2D eigenvalue weighted by Gasteiger charge is 2.30. The van der Waals surface area contributed by atoms with Crippen molar-refractivity contribution in [3.05, 3.63) is 83.4 Å². The van der Waals surface area contributed by atoms with Gasteiger partial charge in [0.2, 0.25) is 5.91 Å². The van der Waals surface area contributed by atoms with Crippen molar-refractivity contribution in [2.75, 3.05) is 37.6 Å². The van der Waals surface area contributed by atoms with Crippen LogP contribution in [0.2, 0.25) is 0 Å². The number of amides is 2. The minimum atomic E-state index is -0.478. The number of hydrogen-bond acceptors (Lipinski definition) is 6. The summed E-state index contributed by atoms with van der Waals surface area (Å²) in [7, 11) is 4.37. The largest absolute Gasteiger partial charge is 0.493 e. The summed E-state index contributed by atoms with van der Waals surface area (Å²) in [6.07, 6.45) is 0.631. The molecule has 0 spiro atoms. The van der Waals surface area contributed by atoms with Gasteiger partial charge >= 0.3 is 5.97 Å². The van der Waals surface area contributed by atoms with Crippen molar-refractivity contribution in [2.24, 2.45) is 0 Å². The number of para-hydroxylation sites is 1. The van der Waals surface area contributed by atoms with Crippen molar-refractivity contribution in [3.8, 4) is 11.5 Å². The second kappa shape index (κ2) is 11.6. The van der Waals surface area contributed by atoms with E-state index in [-0.39, 0.29) is 31.3 Å². The highest BCUT2D eigenvalue weighted by molar-refractivity contribution is 6.13. The first kappa shape index (κ1) is 25.8. The van der Waals surface area contributed by atoms with E-state index in [4.69, 9.17) is 9.47 Å². The SMILES string of the molecule is COC(=O)CCC(=O)N(C)c1cc(OCc2ccccc2)c(OC)cc1C(=O)N1CCc2ccccc21. The molecule has 1 aliphatic heterocycles. The van der Waals surface area contributed by atoms with Crippen LogP contribution < -0.4 is 19.3 Å². The van der Waals surface area contributed by atoms with Gasteiger partial charge in [-0.1, -0.05) is 48.5 Å². The Morgan fingerprint density at radius 1 is 0.919 bits per heavy atom. The summed E-state index contributed by atoms with van der Waals surface area (Å²) < 4.78 is 16.3. The number of anilines is 2. The number of fused-ring (bicyclic) bond motifs is 1. The molecule has 2 amide bonds. The summed E-state index contributed by atoms with van der Waals surface area (Å²) in [5.41, 5.74) is 3.57. The Morgan fingerprint density at radius 3 is 2.38 bits per heavy atom. The second-order valence-corrected chi connectivity index (χ2v) is 8.66. The van der Waals surface area contributed by atoms with Crippen LogP contribution in [0, 0.1) is 0 Å². The third-order valence-corrected chi connectivity index (χ3v) is 6.39. The fourth-order valence-electron chi connectivity index (χ4n) is 4.31. The average molecular weight is 503 g/mol. The van der Waals surface area contributed by atoms with Crippen molar-refractivity contribution in [2.45, 2.75) is 25.9 Å². The zero-order valence-corrected chi connectivity index (χ0v) is 21.2. The molecule has 0 unspecified atom stereocenters. The summed E-state index contributed by atoms with van der Waals surface area (Å²) in [6, 6.07) is 20.7. The molecule has 0 saturated heterocycles. The van der Waals surface area contributed by atoms with Crippen LogP contribution in [0.15, 0.2) is 66.7 Å². The highest BCUT2D eigenvalue weighted by atomic mass is 16.5. The molecule has 1 heterocycles.